The maximum absolute atomic E-state index is 13.7. The van der Waals surface area contributed by atoms with Gasteiger partial charge in [-0.05, 0) is 84.8 Å². The van der Waals surface area contributed by atoms with Gasteiger partial charge in [0, 0.05) is 75.2 Å². The van der Waals surface area contributed by atoms with Crippen molar-refractivity contribution in [2.45, 2.75) is 36.7 Å². The standard InChI is InChI=1S/C40H41N9O6S/c1-54-32-19-26(24-48-13-4-12-41-48)20-33-36(32)37(43-55-33)44-56-28-6-2-5-27(21-28)46-17-15-45(16-18-46)22-25-11-14-47(23-25)30-8-3-7-29-35(30)40(53)49(39(29)52)31-9-10-34(50)42-38(31)51/h2-8,12-13,19-21,25,31H,9-11,14-18,22-24H2,1H3,(H,43,44)(H,42,50,51). The molecule has 0 aliphatic carbocycles. The van der Waals surface area contributed by atoms with Crippen LogP contribution in [0.3, 0.4) is 0 Å². The van der Waals surface area contributed by atoms with E-state index in [2.05, 4.69) is 59.3 Å². The van der Waals surface area contributed by atoms with Gasteiger partial charge in [0.05, 0.1) is 30.5 Å². The number of piperidine rings is 1. The number of nitrogens with zero attached hydrogens (tertiary/aromatic N) is 7. The number of nitrogens with one attached hydrogen (secondary N) is 2. The lowest BCUT2D eigenvalue weighted by molar-refractivity contribution is -0.136. The van der Waals surface area contributed by atoms with Gasteiger partial charge in [-0.2, -0.15) is 5.10 Å². The average molecular weight is 776 g/mol. The largest absolute Gasteiger partial charge is 0.496 e. The number of ether oxygens (including phenoxy) is 1. The highest BCUT2D eigenvalue weighted by atomic mass is 32.2. The number of piperazine rings is 1. The zero-order valence-corrected chi connectivity index (χ0v) is 31.7. The Balaban J connectivity index is 0.789. The molecule has 9 rings (SSSR count). The number of rotatable bonds is 11. The maximum atomic E-state index is 13.7. The average Bonchev–Trinajstić information content (AvgIpc) is 4.03. The molecule has 0 saturated carbocycles. The van der Waals surface area contributed by atoms with Crippen LogP contribution in [0.2, 0.25) is 0 Å². The lowest BCUT2D eigenvalue weighted by Crippen LogP contribution is -2.54. The number of imide groups is 2. The second-order valence-electron chi connectivity index (χ2n) is 14.6. The molecule has 4 aliphatic rings. The summed E-state index contributed by atoms with van der Waals surface area (Å²) in [6.07, 6.45) is 4.88. The molecule has 56 heavy (non-hydrogen) atoms. The summed E-state index contributed by atoms with van der Waals surface area (Å²) in [5, 5.41) is 11.7. The molecule has 2 atom stereocenters. The van der Waals surface area contributed by atoms with E-state index in [0.717, 1.165) is 84.4 Å². The Kier molecular flexibility index (Phi) is 9.59. The molecule has 5 aromatic rings. The Hall–Kier alpha value is -5.87. The van der Waals surface area contributed by atoms with Crippen LogP contribution in [0.15, 0.2) is 82.5 Å². The van der Waals surface area contributed by atoms with Gasteiger partial charge in [0.1, 0.15) is 17.2 Å². The smallest absolute Gasteiger partial charge is 0.264 e. The first-order valence-electron chi connectivity index (χ1n) is 18.9. The zero-order chi connectivity index (χ0) is 38.3. The van der Waals surface area contributed by atoms with E-state index in [1.807, 2.05) is 35.1 Å². The molecule has 2 N–H and O–H groups in total. The van der Waals surface area contributed by atoms with E-state index < -0.39 is 23.8 Å². The minimum atomic E-state index is -0.978. The highest BCUT2D eigenvalue weighted by Gasteiger charge is 2.46. The van der Waals surface area contributed by atoms with Gasteiger partial charge < -0.3 is 23.8 Å². The molecule has 0 bridgehead atoms. The summed E-state index contributed by atoms with van der Waals surface area (Å²) >= 11 is 1.48. The van der Waals surface area contributed by atoms with Gasteiger partial charge in [-0.25, -0.2) is 0 Å². The fourth-order valence-corrected chi connectivity index (χ4v) is 9.04. The van der Waals surface area contributed by atoms with Gasteiger partial charge in [-0.15, -0.1) is 0 Å². The van der Waals surface area contributed by atoms with Crippen molar-refractivity contribution >= 4 is 63.7 Å². The third-order valence-corrected chi connectivity index (χ3v) is 11.9. The predicted octanol–water partition coefficient (Wildman–Crippen LogP) is 4.25. The SMILES string of the molecule is COc1cc(Cn2cccn2)cc2onc(NSc3cccc(N4CCN(CC5CCN(c6cccc7c6C(=O)N(C6CCC(=O)NC6=O)C7=O)C5)CC4)c3)c12. The van der Waals surface area contributed by atoms with Crippen LogP contribution in [0.1, 0.15) is 45.5 Å². The minimum Gasteiger partial charge on any atom is -0.496 e. The van der Waals surface area contributed by atoms with Crippen molar-refractivity contribution in [3.63, 3.8) is 0 Å². The fraction of sp³-hybridized carbons (Fsp3) is 0.350. The van der Waals surface area contributed by atoms with E-state index in [0.29, 0.717) is 40.7 Å². The second kappa shape index (κ2) is 15.0. The number of carbonyl (C=O) groups is 4. The molecular weight excluding hydrogens is 735 g/mol. The maximum Gasteiger partial charge on any atom is 0.264 e. The molecule has 2 aromatic heterocycles. The van der Waals surface area contributed by atoms with Gasteiger partial charge in [0.2, 0.25) is 11.8 Å². The Morgan fingerprint density at radius 2 is 1.80 bits per heavy atom. The number of aromatic nitrogens is 3. The highest BCUT2D eigenvalue weighted by Crippen LogP contribution is 2.38. The number of methoxy groups -OCH3 is 1. The molecule has 0 radical (unpaired) electrons. The first kappa shape index (κ1) is 35.8. The number of amides is 4. The molecule has 3 fully saturated rings. The number of hydrogen-bond donors (Lipinski definition) is 2. The van der Waals surface area contributed by atoms with Gasteiger partial charge in [0.25, 0.3) is 11.8 Å². The molecule has 6 heterocycles. The quantitative estimate of drug-likeness (QED) is 0.145. The van der Waals surface area contributed by atoms with Crippen LogP contribution in [-0.4, -0.2) is 107 Å². The molecule has 2 unspecified atom stereocenters. The summed E-state index contributed by atoms with van der Waals surface area (Å²) in [5.74, 6) is -0.231. The first-order chi connectivity index (χ1) is 27.3. The van der Waals surface area contributed by atoms with Crippen molar-refractivity contribution in [2.75, 3.05) is 67.4 Å². The van der Waals surface area contributed by atoms with E-state index in [4.69, 9.17) is 9.26 Å². The van der Waals surface area contributed by atoms with Crippen molar-refractivity contribution in [2.24, 2.45) is 5.92 Å². The highest BCUT2D eigenvalue weighted by molar-refractivity contribution is 8.00. The van der Waals surface area contributed by atoms with E-state index in [1.54, 1.807) is 25.4 Å². The Bertz CT molecular complexity index is 2320. The zero-order valence-electron chi connectivity index (χ0n) is 30.8. The summed E-state index contributed by atoms with van der Waals surface area (Å²) < 4.78 is 16.6. The molecule has 288 valence electrons. The lowest BCUT2D eigenvalue weighted by atomic mass is 10.0. The first-order valence-corrected chi connectivity index (χ1v) is 19.7. The number of carbonyl (C=O) groups excluding carboxylic acids is 4. The van der Waals surface area contributed by atoms with Gasteiger partial charge >= 0.3 is 0 Å². The number of fused-ring (bicyclic) bond motifs is 2. The van der Waals surface area contributed by atoms with Crippen LogP contribution in [0.4, 0.5) is 17.2 Å². The van der Waals surface area contributed by atoms with Crippen LogP contribution in [0, 0.1) is 5.92 Å². The topological polar surface area (TPSA) is 158 Å². The van der Waals surface area contributed by atoms with Crippen LogP contribution in [0.5, 0.6) is 5.75 Å². The number of benzene rings is 3. The third-order valence-electron chi connectivity index (χ3n) is 11.1. The van der Waals surface area contributed by atoms with Crippen LogP contribution in [-0.2, 0) is 16.1 Å². The van der Waals surface area contributed by atoms with E-state index >= 15 is 0 Å². The fourth-order valence-electron chi connectivity index (χ4n) is 8.36. The van der Waals surface area contributed by atoms with E-state index in [1.165, 1.54) is 11.9 Å². The Labute approximate surface area is 327 Å². The van der Waals surface area contributed by atoms with Crippen LogP contribution < -0.4 is 24.6 Å². The summed E-state index contributed by atoms with van der Waals surface area (Å²) in [4.78, 5) is 60.5. The summed E-state index contributed by atoms with van der Waals surface area (Å²) in [7, 11) is 1.64. The van der Waals surface area contributed by atoms with Crippen molar-refractivity contribution in [1.82, 2.24) is 30.1 Å². The molecule has 0 spiro atoms. The lowest BCUT2D eigenvalue weighted by Gasteiger charge is -2.37. The second-order valence-corrected chi connectivity index (χ2v) is 15.5. The van der Waals surface area contributed by atoms with Crippen molar-refractivity contribution in [3.05, 3.63) is 89.7 Å². The number of anilines is 3. The van der Waals surface area contributed by atoms with Gasteiger partial charge in [0.15, 0.2) is 11.4 Å². The molecule has 3 saturated heterocycles. The predicted molar refractivity (Wildman–Crippen MR) is 210 cm³/mol. The number of hydrogen-bond acceptors (Lipinski definition) is 13. The van der Waals surface area contributed by atoms with E-state index in [9.17, 15) is 19.2 Å². The van der Waals surface area contributed by atoms with Crippen molar-refractivity contribution < 1.29 is 28.4 Å². The Morgan fingerprint density at radius 3 is 2.61 bits per heavy atom. The summed E-state index contributed by atoms with van der Waals surface area (Å²) in [5.41, 5.74) is 4.22. The minimum absolute atomic E-state index is 0.0938. The molecule has 4 aliphatic heterocycles. The molecule has 3 aromatic carbocycles. The van der Waals surface area contributed by atoms with Crippen LogP contribution in [0.25, 0.3) is 11.0 Å². The molecule has 15 nitrogen and oxygen atoms in total. The summed E-state index contributed by atoms with van der Waals surface area (Å²) in [6, 6.07) is 18.7. The molecule has 16 heteroatoms. The monoisotopic (exact) mass is 775 g/mol. The van der Waals surface area contributed by atoms with E-state index in [-0.39, 0.29) is 18.7 Å². The Morgan fingerprint density at radius 1 is 0.946 bits per heavy atom. The third kappa shape index (κ3) is 6.83. The molecule has 4 amide bonds. The van der Waals surface area contributed by atoms with Gasteiger partial charge in [-0.1, -0.05) is 17.3 Å². The van der Waals surface area contributed by atoms with Crippen LogP contribution >= 0.6 is 11.9 Å². The summed E-state index contributed by atoms with van der Waals surface area (Å²) in [6.45, 7) is 6.80. The molecular formula is C40H41N9O6S. The normalized spacial score (nSPS) is 20.3. The van der Waals surface area contributed by atoms with Crippen molar-refractivity contribution in [3.8, 4) is 5.75 Å². The van der Waals surface area contributed by atoms with Gasteiger partial charge in [-0.3, -0.25) is 39.0 Å². The van der Waals surface area contributed by atoms with Crippen molar-refractivity contribution in [1.29, 1.82) is 0 Å².